The van der Waals surface area contributed by atoms with Crippen molar-refractivity contribution >= 4 is 11.6 Å². The lowest BCUT2D eigenvalue weighted by atomic mass is 10.0. The zero-order chi connectivity index (χ0) is 11.9. The van der Waals surface area contributed by atoms with Gasteiger partial charge in [0.1, 0.15) is 0 Å². The quantitative estimate of drug-likeness (QED) is 0.600. The molecule has 0 aromatic heterocycles. The maximum absolute atomic E-state index is 5.72. The van der Waals surface area contributed by atoms with E-state index in [9.17, 15) is 0 Å². The molecule has 0 aliphatic carbocycles. The molecule has 0 N–H and O–H groups in total. The molecule has 0 amide bonds. The Morgan fingerprint density at radius 2 is 1.87 bits per heavy atom. The van der Waals surface area contributed by atoms with E-state index in [0.717, 1.165) is 31.8 Å². The molecule has 0 aromatic rings. The van der Waals surface area contributed by atoms with Gasteiger partial charge < -0.3 is 9.64 Å². The van der Waals surface area contributed by atoms with Crippen molar-refractivity contribution in [3.63, 3.8) is 0 Å². The lowest BCUT2D eigenvalue weighted by molar-refractivity contribution is 0.00512. The van der Waals surface area contributed by atoms with Gasteiger partial charge in [-0.1, -0.05) is 0 Å². The van der Waals surface area contributed by atoms with Crippen LogP contribution < -0.4 is 0 Å². The molecule has 0 radical (unpaired) electrons. The second kappa shape index (κ2) is 7.48. The summed E-state index contributed by atoms with van der Waals surface area (Å²) in [7, 11) is 1.78. The van der Waals surface area contributed by atoms with Crippen molar-refractivity contribution in [1.29, 1.82) is 0 Å². The lowest BCUT2D eigenvalue weighted by Gasteiger charge is -2.30. The second-order valence-corrected chi connectivity index (χ2v) is 5.26. The van der Waals surface area contributed by atoms with Crippen molar-refractivity contribution in [2.75, 3.05) is 26.1 Å². The first-order valence-electron chi connectivity index (χ1n) is 5.78. The molecule has 0 rings (SSSR count). The van der Waals surface area contributed by atoms with E-state index < -0.39 is 0 Å². The average molecular weight is 236 g/mol. The van der Waals surface area contributed by atoms with Crippen molar-refractivity contribution in [2.45, 2.75) is 52.2 Å². The van der Waals surface area contributed by atoms with Gasteiger partial charge in [-0.15, -0.1) is 11.6 Å². The van der Waals surface area contributed by atoms with Crippen LogP contribution in [0.4, 0.5) is 0 Å². The number of rotatable bonds is 8. The summed E-state index contributed by atoms with van der Waals surface area (Å²) in [4.78, 5) is 2.46. The molecular formula is C12H26ClNO. The number of methoxy groups -OCH3 is 1. The van der Waals surface area contributed by atoms with Crippen molar-refractivity contribution in [1.82, 2.24) is 4.90 Å². The van der Waals surface area contributed by atoms with Gasteiger partial charge >= 0.3 is 0 Å². The van der Waals surface area contributed by atoms with E-state index in [2.05, 4.69) is 32.6 Å². The van der Waals surface area contributed by atoms with Crippen LogP contribution in [0.2, 0.25) is 0 Å². The number of ether oxygens (including phenoxy) is 1. The van der Waals surface area contributed by atoms with Crippen LogP contribution in [-0.4, -0.2) is 42.6 Å². The van der Waals surface area contributed by atoms with Gasteiger partial charge in [0.15, 0.2) is 0 Å². The maximum atomic E-state index is 5.72. The summed E-state index contributed by atoms with van der Waals surface area (Å²) in [6.07, 6.45) is 2.12. The van der Waals surface area contributed by atoms with Gasteiger partial charge in [-0.2, -0.15) is 0 Å². The second-order valence-electron chi connectivity index (χ2n) is 4.89. The van der Waals surface area contributed by atoms with Gasteiger partial charge in [-0.3, -0.25) is 0 Å². The Labute approximate surface area is 99.9 Å². The van der Waals surface area contributed by atoms with Crippen LogP contribution in [0.15, 0.2) is 0 Å². The van der Waals surface area contributed by atoms with Gasteiger partial charge in [0.25, 0.3) is 0 Å². The zero-order valence-corrected chi connectivity index (χ0v) is 11.6. The van der Waals surface area contributed by atoms with Gasteiger partial charge in [-0.05, 0) is 47.1 Å². The zero-order valence-electron chi connectivity index (χ0n) is 10.8. The minimum Gasteiger partial charge on any atom is -0.379 e. The highest BCUT2D eigenvalue weighted by atomic mass is 35.5. The third-order valence-corrected chi connectivity index (χ3v) is 3.13. The minimum atomic E-state index is -0.0197. The number of alkyl halides is 1. The molecule has 2 nitrogen and oxygen atoms in total. The first-order valence-corrected chi connectivity index (χ1v) is 6.31. The number of halogens is 1. The molecule has 0 bridgehead atoms. The Morgan fingerprint density at radius 1 is 1.27 bits per heavy atom. The van der Waals surface area contributed by atoms with Gasteiger partial charge in [0, 0.05) is 25.6 Å². The largest absolute Gasteiger partial charge is 0.379 e. The predicted octanol–water partition coefficient (Wildman–Crippen LogP) is 3.14. The summed E-state index contributed by atoms with van der Waals surface area (Å²) in [5.41, 5.74) is -0.0197. The molecule has 0 heterocycles. The topological polar surface area (TPSA) is 12.5 Å². The highest BCUT2D eigenvalue weighted by Gasteiger charge is 2.18. The van der Waals surface area contributed by atoms with Crippen molar-refractivity contribution in [3.8, 4) is 0 Å². The van der Waals surface area contributed by atoms with Crippen LogP contribution >= 0.6 is 11.6 Å². The molecule has 0 unspecified atom stereocenters. The Balaban J connectivity index is 3.95. The average Bonchev–Trinajstić information content (AvgIpc) is 2.17. The van der Waals surface area contributed by atoms with E-state index in [1.807, 2.05) is 0 Å². The fourth-order valence-corrected chi connectivity index (χ4v) is 1.53. The normalized spacial score (nSPS) is 12.8. The maximum Gasteiger partial charge on any atom is 0.0634 e. The van der Waals surface area contributed by atoms with Gasteiger partial charge in [0.2, 0.25) is 0 Å². The van der Waals surface area contributed by atoms with E-state index in [1.54, 1.807) is 7.11 Å². The summed E-state index contributed by atoms with van der Waals surface area (Å²) >= 11 is 5.72. The SMILES string of the molecule is COC(C)(C)CCN(CCCCl)C(C)C. The van der Waals surface area contributed by atoms with Crippen LogP contribution in [0.3, 0.4) is 0 Å². The summed E-state index contributed by atoms with van der Waals surface area (Å²) < 4.78 is 5.42. The third kappa shape index (κ3) is 7.15. The van der Waals surface area contributed by atoms with Gasteiger partial charge in [0.05, 0.1) is 5.60 Å². The predicted molar refractivity (Wildman–Crippen MR) is 67.8 cm³/mol. The molecule has 0 aliphatic heterocycles. The van der Waals surface area contributed by atoms with Gasteiger partial charge in [-0.25, -0.2) is 0 Å². The van der Waals surface area contributed by atoms with Crippen molar-refractivity contribution < 1.29 is 4.74 Å². The molecule has 0 fully saturated rings. The molecule has 0 spiro atoms. The standard InChI is InChI=1S/C12H26ClNO/c1-11(2)14(9-6-8-13)10-7-12(3,4)15-5/h11H,6-10H2,1-5H3. The molecule has 0 saturated carbocycles. The molecule has 0 saturated heterocycles. The Kier molecular flexibility index (Phi) is 7.58. The summed E-state index contributed by atoms with van der Waals surface area (Å²) in [6, 6.07) is 0.584. The summed E-state index contributed by atoms with van der Waals surface area (Å²) in [5.74, 6) is 0.747. The number of hydrogen-bond acceptors (Lipinski definition) is 2. The molecule has 15 heavy (non-hydrogen) atoms. The van der Waals surface area contributed by atoms with Crippen molar-refractivity contribution in [3.05, 3.63) is 0 Å². The lowest BCUT2D eigenvalue weighted by Crippen LogP contribution is -2.37. The van der Waals surface area contributed by atoms with Crippen LogP contribution in [0.5, 0.6) is 0 Å². The highest BCUT2D eigenvalue weighted by Crippen LogP contribution is 2.14. The van der Waals surface area contributed by atoms with Crippen LogP contribution in [0, 0.1) is 0 Å². The van der Waals surface area contributed by atoms with Crippen LogP contribution in [0.1, 0.15) is 40.5 Å². The Bertz CT molecular complexity index is 160. The Morgan fingerprint density at radius 3 is 2.27 bits per heavy atom. The summed E-state index contributed by atoms with van der Waals surface area (Å²) in [6.45, 7) is 10.9. The molecule has 0 aliphatic rings. The van der Waals surface area contributed by atoms with E-state index >= 15 is 0 Å². The number of nitrogens with zero attached hydrogens (tertiary/aromatic N) is 1. The fourth-order valence-electron chi connectivity index (χ4n) is 1.41. The van der Waals surface area contributed by atoms with E-state index in [-0.39, 0.29) is 5.60 Å². The first-order chi connectivity index (χ1) is 6.93. The van der Waals surface area contributed by atoms with E-state index in [1.165, 1.54) is 0 Å². The third-order valence-electron chi connectivity index (χ3n) is 2.86. The van der Waals surface area contributed by atoms with Crippen LogP contribution in [0.25, 0.3) is 0 Å². The number of hydrogen-bond donors (Lipinski definition) is 0. The highest BCUT2D eigenvalue weighted by molar-refractivity contribution is 6.17. The monoisotopic (exact) mass is 235 g/mol. The Hall–Kier alpha value is 0.210. The molecule has 0 atom stereocenters. The molecule has 92 valence electrons. The van der Waals surface area contributed by atoms with Crippen molar-refractivity contribution in [2.24, 2.45) is 0 Å². The van der Waals surface area contributed by atoms with Crippen LogP contribution in [-0.2, 0) is 4.74 Å². The fraction of sp³-hybridized carbons (Fsp3) is 1.00. The smallest absolute Gasteiger partial charge is 0.0634 e. The minimum absolute atomic E-state index is 0.0197. The molecule has 0 aromatic carbocycles. The molecular weight excluding hydrogens is 210 g/mol. The molecule has 3 heteroatoms. The van der Waals surface area contributed by atoms with E-state index in [4.69, 9.17) is 16.3 Å². The van der Waals surface area contributed by atoms with E-state index in [0.29, 0.717) is 6.04 Å². The summed E-state index contributed by atoms with van der Waals surface area (Å²) in [5, 5.41) is 0. The first kappa shape index (κ1) is 15.2.